The van der Waals surface area contributed by atoms with E-state index in [0.717, 1.165) is 30.9 Å². The van der Waals surface area contributed by atoms with Crippen LogP contribution in [-0.2, 0) is 14.8 Å². The van der Waals surface area contributed by atoms with Gasteiger partial charge in [0.05, 0.1) is 11.4 Å². The van der Waals surface area contributed by atoms with E-state index in [1.165, 1.54) is 12.1 Å². The Balaban J connectivity index is 1.50. The molecule has 26 heavy (non-hydrogen) atoms. The van der Waals surface area contributed by atoms with Crippen molar-refractivity contribution in [1.82, 2.24) is 15.0 Å². The highest BCUT2D eigenvalue weighted by Crippen LogP contribution is 2.17. The van der Waals surface area contributed by atoms with Crippen molar-refractivity contribution in [2.24, 2.45) is 0 Å². The predicted octanol–water partition coefficient (Wildman–Crippen LogP) is 0.894. The molecular weight excluding hydrogens is 359 g/mol. The van der Waals surface area contributed by atoms with Crippen LogP contribution >= 0.6 is 0 Å². The van der Waals surface area contributed by atoms with Gasteiger partial charge in [-0.25, -0.2) is 22.5 Å². The quantitative estimate of drug-likeness (QED) is 0.779. The molecule has 1 atom stereocenters. The second-order valence-corrected chi connectivity index (χ2v) is 7.74. The Morgan fingerprint density at radius 2 is 2.12 bits per heavy atom. The van der Waals surface area contributed by atoms with E-state index < -0.39 is 28.3 Å². The molecule has 1 aromatic heterocycles. The third kappa shape index (κ3) is 4.55. The summed E-state index contributed by atoms with van der Waals surface area (Å²) in [5.41, 5.74) is 0. The summed E-state index contributed by atoms with van der Waals surface area (Å²) < 4.78 is 39.5. The van der Waals surface area contributed by atoms with Crippen LogP contribution < -0.4 is 14.9 Å². The second-order valence-electron chi connectivity index (χ2n) is 5.97. The normalized spacial score (nSPS) is 17.3. The van der Waals surface area contributed by atoms with E-state index in [2.05, 4.69) is 19.9 Å². The first-order valence-corrected chi connectivity index (χ1v) is 9.63. The van der Waals surface area contributed by atoms with Gasteiger partial charge in [-0.05, 0) is 36.8 Å². The maximum Gasteiger partial charge on any atom is 0.241 e. The third-order valence-electron chi connectivity index (χ3n) is 4.06. The Labute approximate surface area is 151 Å². The van der Waals surface area contributed by atoms with Crippen LogP contribution in [0.15, 0.2) is 53.6 Å². The van der Waals surface area contributed by atoms with E-state index in [0.29, 0.717) is 6.54 Å². The van der Waals surface area contributed by atoms with Crippen molar-refractivity contribution in [3.63, 3.8) is 0 Å². The number of aromatic nitrogens is 1. The molecule has 1 aliphatic heterocycles. The molecule has 0 bridgehead atoms. The van der Waals surface area contributed by atoms with Gasteiger partial charge >= 0.3 is 0 Å². The Hall–Kier alpha value is -2.52. The summed E-state index contributed by atoms with van der Waals surface area (Å²) in [4.78, 5) is 18.2. The fourth-order valence-corrected chi connectivity index (χ4v) is 3.80. The maximum absolute atomic E-state index is 13.2. The average molecular weight is 378 g/mol. The number of rotatable bonds is 6. The van der Waals surface area contributed by atoms with Gasteiger partial charge in [-0.3, -0.25) is 4.79 Å². The van der Waals surface area contributed by atoms with Gasteiger partial charge in [-0.2, -0.15) is 0 Å². The van der Waals surface area contributed by atoms with Crippen molar-refractivity contribution in [3.8, 4) is 0 Å². The first-order valence-electron chi connectivity index (χ1n) is 8.14. The molecule has 7 nitrogen and oxygen atoms in total. The number of hydrogen-bond acceptors (Lipinski definition) is 5. The molecule has 0 radical (unpaired) electrons. The molecule has 0 saturated carbocycles. The molecular formula is C17H19FN4O3S. The van der Waals surface area contributed by atoms with Gasteiger partial charge in [-0.15, -0.1) is 0 Å². The van der Waals surface area contributed by atoms with Crippen LogP contribution in [0.4, 0.5) is 10.2 Å². The number of nitrogens with zero attached hydrogens (tertiary/aromatic N) is 2. The predicted molar refractivity (Wildman–Crippen MR) is 94.6 cm³/mol. The number of halogens is 1. The monoisotopic (exact) mass is 378 g/mol. The van der Waals surface area contributed by atoms with E-state index in [4.69, 9.17) is 0 Å². The highest BCUT2D eigenvalue weighted by molar-refractivity contribution is 7.89. The lowest BCUT2D eigenvalue weighted by Gasteiger charge is -2.17. The summed E-state index contributed by atoms with van der Waals surface area (Å²) in [6.45, 7) is 0.968. The molecule has 3 rings (SSSR count). The molecule has 1 aromatic carbocycles. The van der Waals surface area contributed by atoms with Crippen molar-refractivity contribution in [2.45, 2.75) is 17.4 Å². The average Bonchev–Trinajstić information content (AvgIpc) is 3.09. The second kappa shape index (κ2) is 7.79. The topological polar surface area (TPSA) is 91.4 Å². The molecule has 1 amide bonds. The molecule has 0 spiro atoms. The maximum atomic E-state index is 13.2. The molecule has 138 valence electrons. The lowest BCUT2D eigenvalue weighted by Crippen LogP contribution is -2.43. The zero-order valence-corrected chi connectivity index (χ0v) is 14.7. The lowest BCUT2D eigenvalue weighted by molar-refractivity contribution is -0.120. The number of carbonyl (C=O) groups is 1. The molecule has 0 unspecified atom stereocenters. The summed E-state index contributed by atoms with van der Waals surface area (Å²) in [5, 5.41) is 2.80. The van der Waals surface area contributed by atoms with Gasteiger partial charge in [-0.1, -0.05) is 12.1 Å². The van der Waals surface area contributed by atoms with E-state index in [-0.39, 0.29) is 10.9 Å². The Morgan fingerprint density at radius 1 is 1.27 bits per heavy atom. The number of hydrogen-bond donors (Lipinski definition) is 2. The summed E-state index contributed by atoms with van der Waals surface area (Å²) in [6.07, 6.45) is 2.46. The molecule has 1 aliphatic rings. The van der Waals surface area contributed by atoms with Crippen molar-refractivity contribution < 1.29 is 17.6 Å². The highest BCUT2D eigenvalue weighted by atomic mass is 32.2. The number of amides is 1. The SMILES string of the molecule is O=C(CNS(=O)(=O)c1cccc(F)c1)N[C@H]1CCN(c2ccccn2)C1. The van der Waals surface area contributed by atoms with Crippen LogP contribution in [0, 0.1) is 5.82 Å². The van der Waals surface area contributed by atoms with Crippen LogP contribution in [0.25, 0.3) is 0 Å². The van der Waals surface area contributed by atoms with Gasteiger partial charge in [0.25, 0.3) is 0 Å². The van der Waals surface area contributed by atoms with Gasteiger partial charge in [0, 0.05) is 25.3 Å². The van der Waals surface area contributed by atoms with Crippen LogP contribution in [0.3, 0.4) is 0 Å². The number of sulfonamides is 1. The molecule has 0 aliphatic carbocycles. The summed E-state index contributed by atoms with van der Waals surface area (Å²) in [7, 11) is -3.94. The smallest absolute Gasteiger partial charge is 0.241 e. The molecule has 1 saturated heterocycles. The van der Waals surface area contributed by atoms with Crippen molar-refractivity contribution in [1.29, 1.82) is 0 Å². The van der Waals surface area contributed by atoms with E-state index in [9.17, 15) is 17.6 Å². The first-order chi connectivity index (χ1) is 12.4. The number of anilines is 1. The van der Waals surface area contributed by atoms with Gasteiger partial charge in [0.15, 0.2) is 0 Å². The minimum absolute atomic E-state index is 0.0804. The Bertz CT molecular complexity index is 877. The minimum atomic E-state index is -3.94. The van der Waals surface area contributed by atoms with E-state index in [1.54, 1.807) is 6.20 Å². The molecule has 2 aromatic rings. The van der Waals surface area contributed by atoms with Gasteiger partial charge < -0.3 is 10.2 Å². The zero-order chi connectivity index (χ0) is 18.6. The lowest BCUT2D eigenvalue weighted by atomic mass is 10.2. The highest BCUT2D eigenvalue weighted by Gasteiger charge is 2.25. The number of benzene rings is 1. The van der Waals surface area contributed by atoms with Crippen molar-refractivity contribution in [3.05, 3.63) is 54.5 Å². The van der Waals surface area contributed by atoms with E-state index in [1.807, 2.05) is 18.2 Å². The summed E-state index contributed by atoms with van der Waals surface area (Å²) in [6, 6.07) is 10.2. The number of carbonyl (C=O) groups excluding carboxylic acids is 1. The van der Waals surface area contributed by atoms with Gasteiger partial charge in [0.1, 0.15) is 11.6 Å². The molecule has 2 N–H and O–H groups in total. The van der Waals surface area contributed by atoms with Crippen molar-refractivity contribution >= 4 is 21.7 Å². The van der Waals surface area contributed by atoms with Crippen LogP contribution in [0.5, 0.6) is 0 Å². The van der Waals surface area contributed by atoms with Crippen LogP contribution in [0.1, 0.15) is 6.42 Å². The summed E-state index contributed by atoms with van der Waals surface area (Å²) >= 11 is 0. The van der Waals surface area contributed by atoms with Crippen molar-refractivity contribution in [2.75, 3.05) is 24.5 Å². The number of nitrogens with one attached hydrogen (secondary N) is 2. The van der Waals surface area contributed by atoms with Crippen LogP contribution in [-0.4, -0.2) is 45.0 Å². The fourth-order valence-electron chi connectivity index (χ4n) is 2.78. The van der Waals surface area contributed by atoms with E-state index >= 15 is 0 Å². The minimum Gasteiger partial charge on any atom is -0.354 e. The fraction of sp³-hybridized carbons (Fsp3) is 0.294. The summed E-state index contributed by atoms with van der Waals surface area (Å²) in [5.74, 6) is -0.244. The zero-order valence-electron chi connectivity index (χ0n) is 13.9. The molecule has 2 heterocycles. The standard InChI is InChI=1S/C17H19FN4O3S/c18-13-4-3-5-15(10-13)26(24,25)20-11-17(23)21-14-7-9-22(12-14)16-6-1-2-8-19-16/h1-6,8,10,14,20H,7,9,11-12H2,(H,21,23)/t14-/m0/s1. The number of pyridine rings is 1. The largest absolute Gasteiger partial charge is 0.354 e. The third-order valence-corrected chi connectivity index (χ3v) is 5.45. The Kier molecular flexibility index (Phi) is 5.48. The first kappa shape index (κ1) is 18.3. The molecule has 9 heteroatoms. The Morgan fingerprint density at radius 3 is 2.85 bits per heavy atom. The van der Waals surface area contributed by atoms with Gasteiger partial charge in [0.2, 0.25) is 15.9 Å². The molecule has 1 fully saturated rings. The van der Waals surface area contributed by atoms with Crippen LogP contribution in [0.2, 0.25) is 0 Å².